The molecule has 52 heavy (non-hydrogen) atoms. The molecule has 0 aromatic heterocycles. The van der Waals surface area contributed by atoms with Crippen LogP contribution in [0.4, 0.5) is 14.5 Å². The van der Waals surface area contributed by atoms with Crippen molar-refractivity contribution in [3.05, 3.63) is 125 Å². The highest BCUT2D eigenvalue weighted by Crippen LogP contribution is 2.56. The first-order valence-electron chi connectivity index (χ1n) is 17.6. The van der Waals surface area contributed by atoms with E-state index >= 15 is 0 Å². The van der Waals surface area contributed by atoms with E-state index in [1.807, 2.05) is 73.8 Å². The summed E-state index contributed by atoms with van der Waals surface area (Å²) in [6.45, 7) is 8.36. The van der Waals surface area contributed by atoms with Crippen LogP contribution < -0.4 is 9.64 Å². The second kappa shape index (κ2) is 18.7. The van der Waals surface area contributed by atoms with Crippen LogP contribution in [0.15, 0.2) is 102 Å². The van der Waals surface area contributed by atoms with Crippen molar-refractivity contribution < 1.29 is 23.4 Å². The average Bonchev–Trinajstić information content (AvgIpc) is 3.12. The van der Waals surface area contributed by atoms with Crippen molar-refractivity contribution in [2.45, 2.75) is 54.9 Å². The van der Waals surface area contributed by atoms with Gasteiger partial charge in [0.1, 0.15) is 28.4 Å². The molecule has 4 aromatic rings. The summed E-state index contributed by atoms with van der Waals surface area (Å²) >= 11 is 1.62. The molecular weight excluding hydrogens is 723 g/mol. The normalized spacial score (nSPS) is 19.3. The van der Waals surface area contributed by atoms with Crippen LogP contribution in [0.25, 0.3) is 0 Å². The number of likely N-dealkylation sites (N-methyl/N-ethyl adjacent to an activating group) is 1. The maximum absolute atomic E-state index is 14.0. The molecule has 2 aliphatic heterocycles. The fraction of sp³-hybridized carbons (Fsp3) is 0.390. The first-order valence-corrected chi connectivity index (χ1v) is 18.4. The third-order valence-electron chi connectivity index (χ3n) is 10.1. The summed E-state index contributed by atoms with van der Waals surface area (Å²) in [7, 11) is 1.85. The SMILES string of the molecule is CC(C)C1(c2ccccc2OCCCN2CCN(CCCC(c3ccc(F)cc3)c3ccc(F)cc3)CC2O)Sc2ccccc2N(C)C1=O.Cl.Cl. The predicted octanol–water partition coefficient (Wildman–Crippen LogP) is 8.75. The zero-order valence-corrected chi connectivity index (χ0v) is 32.4. The van der Waals surface area contributed by atoms with Crippen LogP contribution in [0.3, 0.4) is 0 Å². The number of hydrogen-bond donors (Lipinski definition) is 1. The number of fused-ring (bicyclic) bond motifs is 1. The maximum Gasteiger partial charge on any atom is 0.248 e. The first kappa shape index (κ1) is 41.6. The minimum Gasteiger partial charge on any atom is -0.493 e. The Kier molecular flexibility index (Phi) is 15.0. The number of anilines is 1. The highest BCUT2D eigenvalue weighted by atomic mass is 35.5. The molecule has 1 N–H and O–H groups in total. The second-order valence-electron chi connectivity index (χ2n) is 13.6. The van der Waals surface area contributed by atoms with Crippen LogP contribution in [0, 0.1) is 17.6 Å². The van der Waals surface area contributed by atoms with E-state index in [1.54, 1.807) is 16.7 Å². The molecule has 0 spiro atoms. The molecule has 0 saturated carbocycles. The molecular formula is C41H49Cl2F2N3O3S. The predicted molar refractivity (Wildman–Crippen MR) is 211 cm³/mol. The number of thioether (sulfide) groups is 1. The van der Waals surface area contributed by atoms with Gasteiger partial charge in [-0.25, -0.2) is 8.78 Å². The molecule has 2 atom stereocenters. The highest BCUT2D eigenvalue weighted by Gasteiger charge is 2.51. The van der Waals surface area contributed by atoms with E-state index in [9.17, 15) is 18.7 Å². The van der Waals surface area contributed by atoms with Gasteiger partial charge in [-0.3, -0.25) is 14.6 Å². The molecule has 2 heterocycles. The maximum atomic E-state index is 14.0. The number of carbonyl (C=O) groups excluding carboxylic acids is 1. The molecule has 6 rings (SSSR count). The Morgan fingerprint density at radius 1 is 0.846 bits per heavy atom. The molecule has 2 unspecified atom stereocenters. The highest BCUT2D eigenvalue weighted by molar-refractivity contribution is 8.01. The van der Waals surface area contributed by atoms with E-state index in [2.05, 4.69) is 29.7 Å². The third kappa shape index (κ3) is 9.12. The van der Waals surface area contributed by atoms with E-state index < -0.39 is 11.0 Å². The van der Waals surface area contributed by atoms with Crippen LogP contribution in [0.2, 0.25) is 0 Å². The van der Waals surface area contributed by atoms with Gasteiger partial charge in [0.05, 0.1) is 12.3 Å². The Hall–Kier alpha value is -3.18. The number of β-amino-alcohol motifs (C(OH)–C–C–N with tert-alkyl or cyclic N) is 1. The number of aliphatic hydroxyl groups excluding tert-OH is 1. The van der Waals surface area contributed by atoms with E-state index in [-0.39, 0.29) is 54.2 Å². The zero-order chi connectivity index (χ0) is 35.3. The minimum atomic E-state index is -0.815. The summed E-state index contributed by atoms with van der Waals surface area (Å²) in [5.41, 5.74) is 3.83. The lowest BCUT2D eigenvalue weighted by Gasteiger charge is -2.44. The van der Waals surface area contributed by atoms with Gasteiger partial charge in [0, 0.05) is 49.6 Å². The molecule has 11 heteroatoms. The molecule has 0 aliphatic carbocycles. The molecule has 6 nitrogen and oxygen atoms in total. The van der Waals surface area contributed by atoms with Gasteiger partial charge in [0.15, 0.2) is 0 Å². The molecule has 4 aromatic carbocycles. The van der Waals surface area contributed by atoms with Gasteiger partial charge < -0.3 is 14.7 Å². The van der Waals surface area contributed by atoms with Crippen molar-refractivity contribution in [1.29, 1.82) is 0 Å². The summed E-state index contributed by atoms with van der Waals surface area (Å²) in [5, 5.41) is 11.0. The van der Waals surface area contributed by atoms with Crippen molar-refractivity contribution in [2.75, 3.05) is 51.3 Å². The van der Waals surface area contributed by atoms with Gasteiger partial charge in [-0.1, -0.05) is 68.4 Å². The summed E-state index contributed by atoms with van der Waals surface area (Å²) in [4.78, 5) is 21.3. The average molecular weight is 773 g/mol. The lowest BCUT2D eigenvalue weighted by molar-refractivity contribution is -0.122. The van der Waals surface area contributed by atoms with Crippen molar-refractivity contribution >= 4 is 48.2 Å². The largest absolute Gasteiger partial charge is 0.493 e. The molecule has 0 radical (unpaired) electrons. The number of piperazine rings is 1. The lowest BCUT2D eigenvalue weighted by Crippen LogP contribution is -2.53. The summed E-state index contributed by atoms with van der Waals surface area (Å²) in [6, 6.07) is 29.1. The van der Waals surface area contributed by atoms with Gasteiger partial charge in [0.2, 0.25) is 5.91 Å². The van der Waals surface area contributed by atoms with Gasteiger partial charge in [-0.2, -0.15) is 0 Å². The van der Waals surface area contributed by atoms with Crippen molar-refractivity contribution in [2.24, 2.45) is 5.92 Å². The zero-order valence-electron chi connectivity index (χ0n) is 29.9. The Morgan fingerprint density at radius 3 is 2.10 bits per heavy atom. The Balaban J connectivity index is 0.00000302. The number of aliphatic hydroxyl groups is 1. The van der Waals surface area contributed by atoms with Gasteiger partial charge in [-0.15, -0.1) is 36.6 Å². The molecule has 0 bridgehead atoms. The van der Waals surface area contributed by atoms with Crippen LogP contribution in [0.5, 0.6) is 5.75 Å². The van der Waals surface area contributed by atoms with E-state index in [0.29, 0.717) is 19.7 Å². The molecule has 280 valence electrons. The van der Waals surface area contributed by atoms with E-state index in [0.717, 1.165) is 71.9 Å². The summed E-state index contributed by atoms with van der Waals surface area (Å²) in [5.74, 6) is 0.278. The number of benzene rings is 4. The molecule has 2 aliphatic rings. The molecule has 1 fully saturated rings. The molecule has 1 amide bonds. The van der Waals surface area contributed by atoms with Gasteiger partial charge in [-0.05, 0) is 85.3 Å². The summed E-state index contributed by atoms with van der Waals surface area (Å²) in [6.07, 6.45) is 1.88. The number of para-hydroxylation sites is 2. The number of hydrogen-bond acceptors (Lipinski definition) is 6. The first-order chi connectivity index (χ1) is 24.2. The Morgan fingerprint density at radius 2 is 1.46 bits per heavy atom. The van der Waals surface area contributed by atoms with Crippen molar-refractivity contribution in [3.63, 3.8) is 0 Å². The molecule has 1 saturated heterocycles. The number of rotatable bonds is 13. The minimum absolute atomic E-state index is 0. The van der Waals surface area contributed by atoms with Gasteiger partial charge >= 0.3 is 0 Å². The fourth-order valence-electron chi connectivity index (χ4n) is 7.35. The van der Waals surface area contributed by atoms with Crippen molar-refractivity contribution in [3.8, 4) is 5.75 Å². The standard InChI is InChI=1S/C41H47F2N3O3S.2ClH/c1-29(2)41(40(48)44(3)36-12-5-7-14-38(36)50-41)35-11-4-6-13-37(35)49-27-9-24-46-26-25-45(28-39(46)47)23-8-10-34(30-15-19-32(42)20-16-30)31-17-21-33(43)22-18-31;;/h4-7,11-22,29,34,39,47H,8-10,23-28H2,1-3H3;2*1H. The monoisotopic (exact) mass is 771 g/mol. The van der Waals surface area contributed by atoms with Crippen molar-refractivity contribution in [1.82, 2.24) is 9.80 Å². The van der Waals surface area contributed by atoms with Crippen LogP contribution in [0.1, 0.15) is 55.7 Å². The number of nitrogens with zero attached hydrogens (tertiary/aromatic N) is 3. The lowest BCUT2D eigenvalue weighted by atomic mass is 9.85. The van der Waals surface area contributed by atoms with Crippen LogP contribution in [-0.2, 0) is 9.54 Å². The topological polar surface area (TPSA) is 56.2 Å². The number of ether oxygens (including phenoxy) is 1. The quantitative estimate of drug-likeness (QED) is 0.137. The second-order valence-corrected chi connectivity index (χ2v) is 14.9. The van der Waals surface area contributed by atoms with E-state index in [1.165, 1.54) is 24.3 Å². The third-order valence-corrected chi connectivity index (χ3v) is 11.9. The number of halogens is 4. The number of amides is 1. The summed E-state index contributed by atoms with van der Waals surface area (Å²) < 4.78 is 32.9. The van der Waals surface area contributed by atoms with Crippen LogP contribution in [-0.4, -0.2) is 73.4 Å². The fourth-order valence-corrected chi connectivity index (χ4v) is 8.89. The Bertz CT molecular complexity index is 1700. The van der Waals surface area contributed by atoms with Crippen LogP contribution >= 0.6 is 36.6 Å². The van der Waals surface area contributed by atoms with Gasteiger partial charge in [0.25, 0.3) is 0 Å². The smallest absolute Gasteiger partial charge is 0.248 e. The van der Waals surface area contributed by atoms with E-state index in [4.69, 9.17) is 4.74 Å². The Labute approximate surface area is 323 Å². The number of carbonyl (C=O) groups is 1.